The number of rotatable bonds is 4. The lowest BCUT2D eigenvalue weighted by atomic mass is 10.1. The molecule has 0 atom stereocenters. The van der Waals surface area contributed by atoms with Crippen molar-refractivity contribution in [3.63, 3.8) is 0 Å². The first-order valence-electron chi connectivity index (χ1n) is 5.92. The van der Waals surface area contributed by atoms with Crippen molar-refractivity contribution in [2.75, 3.05) is 18.1 Å². The summed E-state index contributed by atoms with van der Waals surface area (Å²) >= 11 is 2.01. The molecule has 0 radical (unpaired) electrons. The summed E-state index contributed by atoms with van der Waals surface area (Å²) in [5.41, 5.74) is 5.47. The summed E-state index contributed by atoms with van der Waals surface area (Å²) in [6.45, 7) is 0.490. The molecule has 1 saturated carbocycles. The minimum Gasteiger partial charge on any atom is -0.337 e. The van der Waals surface area contributed by atoms with E-state index in [4.69, 9.17) is 5.73 Å². The van der Waals surface area contributed by atoms with Crippen LogP contribution < -0.4 is 5.73 Å². The molecular formula is C11H20N2OS. The average Bonchev–Trinajstić information content (AvgIpc) is 3.04. The Morgan fingerprint density at radius 1 is 1.20 bits per heavy atom. The van der Waals surface area contributed by atoms with Gasteiger partial charge in [0.15, 0.2) is 0 Å². The Morgan fingerprint density at radius 3 is 2.33 bits per heavy atom. The second-order valence-corrected chi connectivity index (χ2v) is 5.64. The molecule has 0 unspecified atom stereocenters. The Kier molecular flexibility index (Phi) is 3.92. The van der Waals surface area contributed by atoms with Crippen LogP contribution in [0, 0.1) is 0 Å². The van der Waals surface area contributed by atoms with Gasteiger partial charge in [0.25, 0.3) is 0 Å². The summed E-state index contributed by atoms with van der Waals surface area (Å²) in [5, 5.41) is 0. The molecule has 0 bridgehead atoms. The van der Waals surface area contributed by atoms with Gasteiger partial charge >= 0.3 is 0 Å². The fourth-order valence-corrected chi connectivity index (χ4v) is 3.36. The molecule has 2 N–H and O–H groups in total. The molecule has 4 heteroatoms. The van der Waals surface area contributed by atoms with Gasteiger partial charge in [0.05, 0.1) is 0 Å². The molecule has 1 aliphatic carbocycles. The quantitative estimate of drug-likeness (QED) is 0.787. The smallest absolute Gasteiger partial charge is 0.224 e. The van der Waals surface area contributed by atoms with Crippen LogP contribution >= 0.6 is 11.8 Å². The van der Waals surface area contributed by atoms with E-state index in [1.165, 1.54) is 37.2 Å². The van der Waals surface area contributed by atoms with Crippen molar-refractivity contribution < 1.29 is 4.79 Å². The van der Waals surface area contributed by atoms with Crippen LogP contribution in [0.15, 0.2) is 0 Å². The van der Waals surface area contributed by atoms with Crippen molar-refractivity contribution in [1.29, 1.82) is 0 Å². The van der Waals surface area contributed by atoms with Crippen molar-refractivity contribution in [3.05, 3.63) is 0 Å². The van der Waals surface area contributed by atoms with E-state index < -0.39 is 0 Å². The molecular weight excluding hydrogens is 208 g/mol. The van der Waals surface area contributed by atoms with E-state index in [2.05, 4.69) is 4.90 Å². The van der Waals surface area contributed by atoms with Gasteiger partial charge in [-0.2, -0.15) is 11.8 Å². The second kappa shape index (κ2) is 5.21. The Morgan fingerprint density at radius 2 is 1.80 bits per heavy atom. The number of carbonyl (C=O) groups excluding carboxylic acids is 1. The Balaban J connectivity index is 1.94. The molecule has 86 valence electrons. The molecule has 1 aliphatic heterocycles. The van der Waals surface area contributed by atoms with Crippen LogP contribution in [0.5, 0.6) is 0 Å². The number of nitrogens with zero attached hydrogens (tertiary/aromatic N) is 1. The average molecular weight is 228 g/mol. The van der Waals surface area contributed by atoms with Crippen LogP contribution in [-0.4, -0.2) is 40.9 Å². The molecule has 2 aliphatic rings. The number of amides is 1. The Labute approximate surface area is 95.8 Å². The molecule has 0 aromatic heterocycles. The van der Waals surface area contributed by atoms with E-state index >= 15 is 0 Å². The van der Waals surface area contributed by atoms with Gasteiger partial charge in [0.2, 0.25) is 5.91 Å². The van der Waals surface area contributed by atoms with Crippen molar-refractivity contribution in [3.8, 4) is 0 Å². The maximum atomic E-state index is 12.0. The highest BCUT2D eigenvalue weighted by Gasteiger charge is 2.37. The highest BCUT2D eigenvalue weighted by Crippen LogP contribution is 2.33. The number of thioether (sulfide) groups is 1. The number of hydrogen-bond acceptors (Lipinski definition) is 3. The van der Waals surface area contributed by atoms with Crippen LogP contribution in [0.3, 0.4) is 0 Å². The predicted octanol–water partition coefficient (Wildman–Crippen LogP) is 1.22. The summed E-state index contributed by atoms with van der Waals surface area (Å²) in [6.07, 6.45) is 5.30. The fourth-order valence-electron chi connectivity index (χ4n) is 2.27. The number of hydrogen-bond donors (Lipinski definition) is 1. The lowest BCUT2D eigenvalue weighted by molar-refractivity contribution is -0.134. The van der Waals surface area contributed by atoms with Crippen LogP contribution in [0.4, 0.5) is 0 Å². The van der Waals surface area contributed by atoms with Crippen LogP contribution in [0.25, 0.3) is 0 Å². The largest absolute Gasteiger partial charge is 0.337 e. The van der Waals surface area contributed by atoms with E-state index in [-0.39, 0.29) is 5.91 Å². The van der Waals surface area contributed by atoms with Crippen molar-refractivity contribution in [2.45, 2.75) is 44.2 Å². The Hall–Kier alpha value is -0.220. The second-order valence-electron chi connectivity index (χ2n) is 4.41. The van der Waals surface area contributed by atoms with Gasteiger partial charge in [-0.1, -0.05) is 0 Å². The normalized spacial score (nSPS) is 22.7. The van der Waals surface area contributed by atoms with Crippen molar-refractivity contribution >= 4 is 17.7 Å². The zero-order valence-corrected chi connectivity index (χ0v) is 9.97. The number of nitrogens with two attached hydrogens (primary N) is 1. The SMILES string of the molecule is NCCC(=O)N(C1CCSCC1)C1CC1. The lowest BCUT2D eigenvalue weighted by Gasteiger charge is -2.34. The van der Waals surface area contributed by atoms with Gasteiger partial charge in [0.1, 0.15) is 0 Å². The molecule has 0 aromatic rings. The predicted molar refractivity (Wildman–Crippen MR) is 63.9 cm³/mol. The van der Waals surface area contributed by atoms with E-state index in [0.29, 0.717) is 25.0 Å². The van der Waals surface area contributed by atoms with Crippen LogP contribution in [0.1, 0.15) is 32.1 Å². The third-order valence-electron chi connectivity index (χ3n) is 3.17. The van der Waals surface area contributed by atoms with Crippen LogP contribution in [0.2, 0.25) is 0 Å². The summed E-state index contributed by atoms with van der Waals surface area (Å²) in [4.78, 5) is 14.1. The summed E-state index contributed by atoms with van der Waals surface area (Å²) in [7, 11) is 0. The first kappa shape index (κ1) is 11.3. The zero-order chi connectivity index (χ0) is 10.7. The van der Waals surface area contributed by atoms with Crippen molar-refractivity contribution in [2.24, 2.45) is 5.73 Å². The molecule has 0 spiro atoms. The maximum Gasteiger partial charge on any atom is 0.224 e. The topological polar surface area (TPSA) is 46.3 Å². The zero-order valence-electron chi connectivity index (χ0n) is 9.15. The molecule has 2 fully saturated rings. The fraction of sp³-hybridized carbons (Fsp3) is 0.909. The van der Waals surface area contributed by atoms with Gasteiger partial charge in [-0.25, -0.2) is 0 Å². The first-order valence-corrected chi connectivity index (χ1v) is 7.07. The lowest BCUT2D eigenvalue weighted by Crippen LogP contribution is -2.44. The van der Waals surface area contributed by atoms with Gasteiger partial charge in [-0.15, -0.1) is 0 Å². The minimum absolute atomic E-state index is 0.289. The molecule has 2 rings (SSSR count). The summed E-state index contributed by atoms with van der Waals surface area (Å²) in [6, 6.07) is 1.06. The van der Waals surface area contributed by atoms with Gasteiger partial charge in [0, 0.05) is 25.0 Å². The molecule has 1 saturated heterocycles. The van der Waals surface area contributed by atoms with Crippen molar-refractivity contribution in [1.82, 2.24) is 4.90 Å². The third-order valence-corrected chi connectivity index (χ3v) is 4.22. The molecule has 0 aromatic carbocycles. The highest BCUT2D eigenvalue weighted by molar-refractivity contribution is 7.99. The maximum absolute atomic E-state index is 12.0. The van der Waals surface area contributed by atoms with E-state index in [1.54, 1.807) is 0 Å². The van der Waals surface area contributed by atoms with Gasteiger partial charge < -0.3 is 10.6 Å². The molecule has 15 heavy (non-hydrogen) atoms. The summed E-state index contributed by atoms with van der Waals surface area (Å²) in [5.74, 6) is 2.71. The van der Waals surface area contributed by atoms with E-state index in [0.717, 1.165) is 0 Å². The highest BCUT2D eigenvalue weighted by atomic mass is 32.2. The van der Waals surface area contributed by atoms with E-state index in [9.17, 15) is 4.79 Å². The monoisotopic (exact) mass is 228 g/mol. The summed E-state index contributed by atoms with van der Waals surface area (Å²) < 4.78 is 0. The minimum atomic E-state index is 0.289. The standard InChI is InChI=1S/C11H20N2OS/c12-6-3-11(14)13(9-1-2-9)10-4-7-15-8-5-10/h9-10H,1-8,12H2. The molecule has 3 nitrogen and oxygen atoms in total. The third kappa shape index (κ3) is 2.88. The van der Waals surface area contributed by atoms with Crippen LogP contribution in [-0.2, 0) is 4.79 Å². The van der Waals surface area contributed by atoms with Gasteiger partial charge in [-0.3, -0.25) is 4.79 Å². The Bertz CT molecular complexity index is 225. The molecule has 1 heterocycles. The first-order chi connectivity index (χ1) is 7.33. The number of carbonyl (C=O) groups is 1. The van der Waals surface area contributed by atoms with Gasteiger partial charge in [-0.05, 0) is 37.2 Å². The van der Waals surface area contributed by atoms with E-state index in [1.807, 2.05) is 11.8 Å². The molecule has 1 amide bonds.